The molecule has 2 rings (SSSR count). The molecule has 1 fully saturated rings. The van der Waals surface area contributed by atoms with Gasteiger partial charge in [0.25, 0.3) is 0 Å². The predicted molar refractivity (Wildman–Crippen MR) is 71.8 cm³/mol. The fourth-order valence-corrected chi connectivity index (χ4v) is 1.96. The summed E-state index contributed by atoms with van der Waals surface area (Å²) in [7, 11) is 0. The maximum Gasteiger partial charge on any atom is 0.235 e. The number of ether oxygens (including phenoxy) is 1. The third-order valence-corrected chi connectivity index (χ3v) is 3.13. The second kappa shape index (κ2) is 6.18. The third-order valence-electron chi connectivity index (χ3n) is 3.13. The highest BCUT2D eigenvalue weighted by Crippen LogP contribution is 2.19. The van der Waals surface area contributed by atoms with Crippen molar-refractivity contribution in [1.82, 2.24) is 4.90 Å². The molecular weight excluding hydrogens is 242 g/mol. The molecule has 0 aliphatic carbocycles. The van der Waals surface area contributed by atoms with Gasteiger partial charge in [0.2, 0.25) is 5.91 Å². The summed E-state index contributed by atoms with van der Waals surface area (Å²) in [4.78, 5) is 25.2. The molecule has 1 heterocycles. The van der Waals surface area contributed by atoms with Gasteiger partial charge in [0.15, 0.2) is 5.78 Å². The SMILES string of the molecule is C=CCCN1C[C@H](C(=O)COc2ccccc2)C1=O. The van der Waals surface area contributed by atoms with Gasteiger partial charge in [0, 0.05) is 13.1 Å². The van der Waals surface area contributed by atoms with Crippen LogP contribution in [0.1, 0.15) is 6.42 Å². The third kappa shape index (κ3) is 3.22. The second-order valence-electron chi connectivity index (χ2n) is 4.48. The number of hydrogen-bond donors (Lipinski definition) is 0. The van der Waals surface area contributed by atoms with Crippen molar-refractivity contribution in [2.75, 3.05) is 19.7 Å². The summed E-state index contributed by atoms with van der Waals surface area (Å²) in [6.07, 6.45) is 2.52. The van der Waals surface area contributed by atoms with Crippen molar-refractivity contribution in [3.05, 3.63) is 43.0 Å². The average molecular weight is 259 g/mol. The van der Waals surface area contributed by atoms with Crippen LogP contribution in [0.25, 0.3) is 0 Å². The number of benzene rings is 1. The Morgan fingerprint density at radius 1 is 1.42 bits per heavy atom. The van der Waals surface area contributed by atoms with Crippen molar-refractivity contribution < 1.29 is 14.3 Å². The molecule has 4 nitrogen and oxygen atoms in total. The van der Waals surface area contributed by atoms with E-state index in [2.05, 4.69) is 6.58 Å². The largest absolute Gasteiger partial charge is 0.486 e. The Bertz CT molecular complexity index is 470. The van der Waals surface area contributed by atoms with Gasteiger partial charge in [0.05, 0.1) is 0 Å². The first kappa shape index (κ1) is 13.3. The Hall–Kier alpha value is -2.10. The van der Waals surface area contributed by atoms with Crippen LogP contribution in [0, 0.1) is 5.92 Å². The van der Waals surface area contributed by atoms with Crippen LogP contribution in [-0.2, 0) is 9.59 Å². The lowest BCUT2D eigenvalue weighted by molar-refractivity contribution is -0.154. The highest BCUT2D eigenvalue weighted by Gasteiger charge is 2.41. The van der Waals surface area contributed by atoms with E-state index in [9.17, 15) is 9.59 Å². The molecule has 1 saturated heterocycles. The van der Waals surface area contributed by atoms with Crippen LogP contribution in [0.4, 0.5) is 0 Å². The number of carbonyl (C=O) groups excluding carboxylic acids is 2. The monoisotopic (exact) mass is 259 g/mol. The highest BCUT2D eigenvalue weighted by molar-refractivity contribution is 6.06. The lowest BCUT2D eigenvalue weighted by atomic mass is 9.94. The van der Waals surface area contributed by atoms with Crippen LogP contribution >= 0.6 is 0 Å². The fourth-order valence-electron chi connectivity index (χ4n) is 1.96. The van der Waals surface area contributed by atoms with Crippen LogP contribution in [0.15, 0.2) is 43.0 Å². The molecule has 0 N–H and O–H groups in total. The maximum atomic E-state index is 11.8. The standard InChI is InChI=1S/C15H17NO3/c1-2-3-9-16-10-13(15(16)18)14(17)11-19-12-7-5-4-6-8-12/h2,4-8,13H,1,3,9-11H2/t13-/m1/s1. The van der Waals surface area contributed by atoms with E-state index >= 15 is 0 Å². The predicted octanol–water partition coefficient (Wildman–Crippen LogP) is 1.67. The van der Waals surface area contributed by atoms with Crippen LogP contribution in [0.5, 0.6) is 5.75 Å². The fraction of sp³-hybridized carbons (Fsp3) is 0.333. The summed E-state index contributed by atoms with van der Waals surface area (Å²) in [5.41, 5.74) is 0. The molecule has 1 aromatic rings. The van der Waals surface area contributed by atoms with Crippen molar-refractivity contribution in [3.63, 3.8) is 0 Å². The molecular formula is C15H17NO3. The van der Waals surface area contributed by atoms with E-state index in [0.717, 1.165) is 6.42 Å². The van der Waals surface area contributed by atoms with E-state index in [-0.39, 0.29) is 18.3 Å². The van der Waals surface area contributed by atoms with Gasteiger partial charge in [0.1, 0.15) is 18.3 Å². The Morgan fingerprint density at radius 2 is 2.16 bits per heavy atom. The molecule has 0 bridgehead atoms. The quantitative estimate of drug-likeness (QED) is 0.425. The maximum absolute atomic E-state index is 11.8. The van der Waals surface area contributed by atoms with Gasteiger partial charge in [-0.1, -0.05) is 24.3 Å². The van der Waals surface area contributed by atoms with E-state index in [1.807, 2.05) is 18.2 Å². The minimum Gasteiger partial charge on any atom is -0.486 e. The second-order valence-corrected chi connectivity index (χ2v) is 4.48. The molecule has 0 saturated carbocycles. The van der Waals surface area contributed by atoms with Crippen molar-refractivity contribution >= 4 is 11.7 Å². The minimum atomic E-state index is -0.520. The molecule has 1 amide bonds. The van der Waals surface area contributed by atoms with Crippen LogP contribution in [-0.4, -0.2) is 36.3 Å². The zero-order chi connectivity index (χ0) is 13.7. The number of rotatable bonds is 7. The summed E-state index contributed by atoms with van der Waals surface area (Å²) in [5, 5.41) is 0. The Labute approximate surface area is 112 Å². The van der Waals surface area contributed by atoms with Crippen LogP contribution < -0.4 is 4.74 Å². The molecule has 0 radical (unpaired) electrons. The molecule has 0 aromatic heterocycles. The van der Waals surface area contributed by atoms with Crippen molar-refractivity contribution in [2.24, 2.45) is 5.92 Å². The average Bonchev–Trinajstić information content (AvgIpc) is 2.44. The van der Waals surface area contributed by atoms with E-state index in [1.165, 1.54) is 0 Å². The highest BCUT2D eigenvalue weighted by atomic mass is 16.5. The normalized spacial score (nSPS) is 17.8. The topological polar surface area (TPSA) is 46.6 Å². The van der Waals surface area contributed by atoms with Gasteiger partial charge < -0.3 is 9.64 Å². The number of ketones is 1. The number of nitrogens with zero attached hydrogens (tertiary/aromatic N) is 1. The molecule has 19 heavy (non-hydrogen) atoms. The molecule has 1 aromatic carbocycles. The molecule has 1 aliphatic rings. The molecule has 1 aliphatic heterocycles. The van der Waals surface area contributed by atoms with E-state index in [4.69, 9.17) is 4.74 Å². The first-order chi connectivity index (χ1) is 9.22. The first-order valence-corrected chi connectivity index (χ1v) is 6.32. The molecule has 1 atom stereocenters. The van der Waals surface area contributed by atoms with E-state index in [1.54, 1.807) is 23.1 Å². The number of Topliss-reactive ketones (excluding diaryl/α,β-unsaturated/α-hetero) is 1. The van der Waals surface area contributed by atoms with Crippen molar-refractivity contribution in [3.8, 4) is 5.75 Å². The lowest BCUT2D eigenvalue weighted by Gasteiger charge is -2.37. The molecule has 100 valence electrons. The summed E-state index contributed by atoms with van der Waals surface area (Å²) >= 11 is 0. The number of hydrogen-bond acceptors (Lipinski definition) is 3. The summed E-state index contributed by atoms with van der Waals surface area (Å²) < 4.78 is 5.35. The van der Waals surface area contributed by atoms with Crippen molar-refractivity contribution in [2.45, 2.75) is 6.42 Å². The van der Waals surface area contributed by atoms with Crippen molar-refractivity contribution in [1.29, 1.82) is 0 Å². The number of para-hydroxylation sites is 1. The molecule has 0 unspecified atom stereocenters. The van der Waals surface area contributed by atoms with Gasteiger partial charge in [-0.2, -0.15) is 0 Å². The molecule has 0 spiro atoms. The van der Waals surface area contributed by atoms with Gasteiger partial charge in [-0.05, 0) is 18.6 Å². The number of likely N-dealkylation sites (tertiary alicyclic amines) is 1. The summed E-state index contributed by atoms with van der Waals surface area (Å²) in [5.74, 6) is -0.119. The molecule has 4 heteroatoms. The number of β-lactam (4-membered cyclic amide) rings is 1. The zero-order valence-corrected chi connectivity index (χ0v) is 10.7. The summed E-state index contributed by atoms with van der Waals surface area (Å²) in [6.45, 7) is 4.71. The number of carbonyl (C=O) groups is 2. The van der Waals surface area contributed by atoms with Gasteiger partial charge in [-0.15, -0.1) is 6.58 Å². The summed E-state index contributed by atoms with van der Waals surface area (Å²) in [6, 6.07) is 9.12. The van der Waals surface area contributed by atoms with Gasteiger partial charge in [-0.3, -0.25) is 9.59 Å². The number of amides is 1. The lowest BCUT2D eigenvalue weighted by Crippen LogP contribution is -2.56. The minimum absolute atomic E-state index is 0.0459. The first-order valence-electron chi connectivity index (χ1n) is 6.32. The van der Waals surface area contributed by atoms with Gasteiger partial charge >= 0.3 is 0 Å². The van der Waals surface area contributed by atoms with Crippen LogP contribution in [0.2, 0.25) is 0 Å². The zero-order valence-electron chi connectivity index (χ0n) is 10.7. The Balaban J connectivity index is 1.76. The smallest absolute Gasteiger partial charge is 0.235 e. The van der Waals surface area contributed by atoms with E-state index in [0.29, 0.717) is 18.8 Å². The van der Waals surface area contributed by atoms with Crippen LogP contribution in [0.3, 0.4) is 0 Å². The van der Waals surface area contributed by atoms with Gasteiger partial charge in [-0.25, -0.2) is 0 Å². The Morgan fingerprint density at radius 3 is 2.79 bits per heavy atom. The Kier molecular flexibility index (Phi) is 4.34. The van der Waals surface area contributed by atoms with E-state index < -0.39 is 5.92 Å².